The van der Waals surface area contributed by atoms with E-state index in [1.165, 1.54) is 5.56 Å². The smallest absolute Gasteiger partial charge is 0.275 e. The maximum Gasteiger partial charge on any atom is 0.275 e. The number of hydrogen-bond donors (Lipinski definition) is 2. The Morgan fingerprint density at radius 3 is 2.52 bits per heavy atom. The highest BCUT2D eigenvalue weighted by Crippen LogP contribution is 2.16. The molecule has 3 nitrogen and oxygen atoms in total. The third-order valence-corrected chi connectivity index (χ3v) is 4.07. The van der Waals surface area contributed by atoms with Crippen LogP contribution in [0.2, 0.25) is 5.02 Å². The molecule has 23 heavy (non-hydrogen) atoms. The molecular formula is C19H24ClN2O+. The Kier molecular flexibility index (Phi) is 6.63. The first kappa shape index (κ1) is 17.5. The number of carbonyl (C=O) groups excluding carboxylic acids is 1. The highest BCUT2D eigenvalue weighted by molar-refractivity contribution is 6.30. The normalized spacial score (nSPS) is 12.2. The topological polar surface area (TPSA) is 45.7 Å². The molecule has 2 aromatic carbocycles. The number of carbonyl (C=O) groups is 1. The fourth-order valence-corrected chi connectivity index (χ4v) is 2.84. The molecule has 4 heteroatoms. The van der Waals surface area contributed by atoms with Gasteiger partial charge in [-0.1, -0.05) is 67.9 Å². The van der Waals surface area contributed by atoms with E-state index in [0.29, 0.717) is 24.0 Å². The van der Waals surface area contributed by atoms with Crippen molar-refractivity contribution in [2.45, 2.75) is 26.4 Å². The van der Waals surface area contributed by atoms with Gasteiger partial charge in [0, 0.05) is 23.0 Å². The molecule has 0 unspecified atom stereocenters. The number of rotatable bonds is 7. The van der Waals surface area contributed by atoms with Gasteiger partial charge in [-0.05, 0) is 17.7 Å². The number of nitrogens with two attached hydrogens (primary N) is 1. The van der Waals surface area contributed by atoms with Crippen molar-refractivity contribution in [2.24, 2.45) is 5.92 Å². The maximum atomic E-state index is 12.1. The van der Waals surface area contributed by atoms with E-state index >= 15 is 0 Å². The van der Waals surface area contributed by atoms with Gasteiger partial charge in [0.25, 0.3) is 5.91 Å². The average molecular weight is 332 g/mol. The summed E-state index contributed by atoms with van der Waals surface area (Å²) in [6, 6.07) is 18.1. The maximum absolute atomic E-state index is 12.1. The molecule has 0 saturated carbocycles. The molecule has 0 heterocycles. The number of benzene rings is 2. The molecule has 0 bridgehead atoms. The van der Waals surface area contributed by atoms with Gasteiger partial charge < -0.3 is 10.6 Å². The minimum Gasteiger partial charge on any atom is -0.347 e. The van der Waals surface area contributed by atoms with Crippen LogP contribution in [0.5, 0.6) is 0 Å². The van der Waals surface area contributed by atoms with Gasteiger partial charge in [0.05, 0.1) is 0 Å². The number of quaternary nitrogens is 1. The lowest BCUT2D eigenvalue weighted by Crippen LogP contribution is -2.88. The molecule has 0 aliphatic heterocycles. The first-order valence-corrected chi connectivity index (χ1v) is 8.33. The van der Waals surface area contributed by atoms with E-state index in [-0.39, 0.29) is 11.9 Å². The molecule has 2 aromatic rings. The first-order chi connectivity index (χ1) is 11.1. The van der Waals surface area contributed by atoms with Crippen LogP contribution in [0, 0.1) is 5.92 Å². The third kappa shape index (κ3) is 5.70. The molecule has 1 amide bonds. The molecule has 0 aliphatic rings. The van der Waals surface area contributed by atoms with Crippen LogP contribution in [0.4, 0.5) is 0 Å². The molecule has 0 spiro atoms. The second kappa shape index (κ2) is 8.70. The van der Waals surface area contributed by atoms with Crippen LogP contribution in [0.15, 0.2) is 54.6 Å². The lowest BCUT2D eigenvalue weighted by Gasteiger charge is -2.19. The van der Waals surface area contributed by atoms with Gasteiger partial charge in [-0.25, -0.2) is 0 Å². The first-order valence-electron chi connectivity index (χ1n) is 7.95. The second-order valence-corrected chi connectivity index (χ2v) is 6.46. The molecule has 0 aliphatic carbocycles. The van der Waals surface area contributed by atoms with E-state index in [9.17, 15) is 4.79 Å². The van der Waals surface area contributed by atoms with Crippen LogP contribution in [0.3, 0.4) is 0 Å². The van der Waals surface area contributed by atoms with Crippen LogP contribution in [-0.2, 0) is 11.3 Å². The van der Waals surface area contributed by atoms with Crippen molar-refractivity contribution in [3.8, 4) is 0 Å². The summed E-state index contributed by atoms with van der Waals surface area (Å²) in [5.41, 5.74) is 2.26. The van der Waals surface area contributed by atoms with Gasteiger partial charge in [-0.2, -0.15) is 0 Å². The lowest BCUT2D eigenvalue weighted by molar-refractivity contribution is -0.692. The van der Waals surface area contributed by atoms with Crippen LogP contribution in [0.25, 0.3) is 0 Å². The zero-order chi connectivity index (χ0) is 16.7. The summed E-state index contributed by atoms with van der Waals surface area (Å²) in [6.07, 6.45) is 0. The molecular weight excluding hydrogens is 308 g/mol. The van der Waals surface area contributed by atoms with Gasteiger partial charge >= 0.3 is 0 Å². The minimum absolute atomic E-state index is 0.0338. The van der Waals surface area contributed by atoms with Gasteiger partial charge in [0.1, 0.15) is 6.04 Å². The summed E-state index contributed by atoms with van der Waals surface area (Å²) < 4.78 is 0. The highest BCUT2D eigenvalue weighted by atomic mass is 35.5. The molecule has 0 radical (unpaired) electrons. The Morgan fingerprint density at radius 2 is 1.87 bits per heavy atom. The Labute approximate surface area is 143 Å². The highest BCUT2D eigenvalue weighted by Gasteiger charge is 2.19. The van der Waals surface area contributed by atoms with E-state index in [0.717, 1.165) is 5.56 Å². The van der Waals surface area contributed by atoms with Gasteiger partial charge in [0.2, 0.25) is 0 Å². The van der Waals surface area contributed by atoms with E-state index in [4.69, 9.17) is 11.6 Å². The van der Waals surface area contributed by atoms with Crippen LogP contribution in [-0.4, -0.2) is 12.5 Å². The Morgan fingerprint density at radius 1 is 1.13 bits per heavy atom. The molecule has 2 rings (SSSR count). The predicted molar refractivity (Wildman–Crippen MR) is 94.1 cm³/mol. The molecule has 1 atom stereocenters. The average Bonchev–Trinajstić information content (AvgIpc) is 2.54. The molecule has 0 fully saturated rings. The molecule has 122 valence electrons. The van der Waals surface area contributed by atoms with Gasteiger partial charge in [-0.15, -0.1) is 0 Å². The number of halogens is 1. The van der Waals surface area contributed by atoms with E-state index in [1.54, 1.807) is 0 Å². The fraction of sp³-hybridized carbons (Fsp3) is 0.316. The summed E-state index contributed by atoms with van der Waals surface area (Å²) >= 11 is 5.95. The summed E-state index contributed by atoms with van der Waals surface area (Å²) in [5.74, 6) is 0.490. The minimum atomic E-state index is 0.0338. The second-order valence-electron chi connectivity index (χ2n) is 6.03. The lowest BCUT2D eigenvalue weighted by atomic mass is 9.96. The van der Waals surface area contributed by atoms with E-state index in [2.05, 4.69) is 36.6 Å². The Bertz CT molecular complexity index is 628. The quantitative estimate of drug-likeness (QED) is 0.805. The Balaban J connectivity index is 1.85. The monoisotopic (exact) mass is 331 g/mol. The number of hydrogen-bond acceptors (Lipinski definition) is 1. The molecule has 0 saturated heterocycles. The summed E-state index contributed by atoms with van der Waals surface area (Å²) in [6.45, 7) is 5.28. The molecule has 0 aromatic heterocycles. The molecule has 3 N–H and O–H groups in total. The zero-order valence-corrected chi connectivity index (χ0v) is 14.4. The standard InChI is InChI=1S/C19H23ClN2O/c1-14(2)19(16-8-4-3-5-9-16)22-13-18(23)21-12-15-7-6-10-17(20)11-15/h3-11,14,19,22H,12-13H2,1-2H3,(H,21,23)/p+1/t19-/m0/s1. The van der Waals surface area contributed by atoms with Crippen LogP contribution in [0.1, 0.15) is 31.0 Å². The van der Waals surface area contributed by atoms with Crippen molar-refractivity contribution < 1.29 is 10.1 Å². The van der Waals surface area contributed by atoms with E-state index in [1.807, 2.05) is 42.5 Å². The van der Waals surface area contributed by atoms with Crippen molar-refractivity contribution in [1.29, 1.82) is 0 Å². The number of nitrogens with one attached hydrogen (secondary N) is 1. The van der Waals surface area contributed by atoms with Crippen molar-refractivity contribution in [3.05, 3.63) is 70.7 Å². The van der Waals surface area contributed by atoms with Crippen molar-refractivity contribution in [2.75, 3.05) is 6.54 Å². The zero-order valence-electron chi connectivity index (χ0n) is 13.6. The number of amides is 1. The van der Waals surface area contributed by atoms with Crippen molar-refractivity contribution >= 4 is 17.5 Å². The van der Waals surface area contributed by atoms with Crippen LogP contribution >= 0.6 is 11.6 Å². The van der Waals surface area contributed by atoms with Crippen molar-refractivity contribution in [3.63, 3.8) is 0 Å². The summed E-state index contributed by atoms with van der Waals surface area (Å²) in [4.78, 5) is 12.1. The predicted octanol–water partition coefficient (Wildman–Crippen LogP) is 2.92. The largest absolute Gasteiger partial charge is 0.347 e. The summed E-state index contributed by atoms with van der Waals surface area (Å²) in [5, 5.41) is 5.73. The SMILES string of the molecule is CC(C)[C@H]([NH2+]CC(=O)NCc1cccc(Cl)c1)c1ccccc1. The fourth-order valence-electron chi connectivity index (χ4n) is 2.62. The van der Waals surface area contributed by atoms with Crippen LogP contribution < -0.4 is 10.6 Å². The van der Waals surface area contributed by atoms with Gasteiger partial charge in [-0.3, -0.25) is 4.79 Å². The Hall–Kier alpha value is -1.84. The summed E-state index contributed by atoms with van der Waals surface area (Å²) in [7, 11) is 0. The van der Waals surface area contributed by atoms with E-state index < -0.39 is 0 Å². The third-order valence-electron chi connectivity index (χ3n) is 3.84. The van der Waals surface area contributed by atoms with Crippen molar-refractivity contribution in [1.82, 2.24) is 5.32 Å². The van der Waals surface area contributed by atoms with Gasteiger partial charge in [0.15, 0.2) is 6.54 Å².